The highest BCUT2D eigenvalue weighted by molar-refractivity contribution is 7.22. The summed E-state index contributed by atoms with van der Waals surface area (Å²) in [6.45, 7) is 8.56. The van der Waals surface area contributed by atoms with E-state index in [0.717, 1.165) is 84.9 Å². The zero-order valence-corrected chi connectivity index (χ0v) is 37.1. The first-order chi connectivity index (χ1) is 32.3. The zero-order chi connectivity index (χ0) is 46.1. The SMILES string of the molecule is C=CC(=O)OCCCCCCOc1ccc(C(=O)Oc2ccc3c(c2)C(=NNc2nc4ccccc4s2)c2cc(OC(=O)c4ccc(OCCCCCCOC(=O)C=C)cc4)ccc2-3)cc1. The van der Waals surface area contributed by atoms with Gasteiger partial charge in [-0.05, 0) is 160 Å². The number of hydrazone groups is 1. The Morgan fingerprint density at radius 2 is 1.00 bits per heavy atom. The quantitative estimate of drug-likeness (QED) is 0.0201. The predicted molar refractivity (Wildman–Crippen MR) is 254 cm³/mol. The maximum absolute atomic E-state index is 13.4. The van der Waals surface area contributed by atoms with Crippen molar-refractivity contribution in [1.29, 1.82) is 0 Å². The van der Waals surface area contributed by atoms with Gasteiger partial charge >= 0.3 is 23.9 Å². The van der Waals surface area contributed by atoms with Crippen LogP contribution >= 0.6 is 11.3 Å². The second-order valence-corrected chi connectivity index (χ2v) is 16.1. The molecule has 14 heteroatoms. The number of ether oxygens (including phenoxy) is 6. The Morgan fingerprint density at radius 3 is 1.47 bits per heavy atom. The molecule has 0 atom stereocenters. The number of nitrogens with one attached hydrogen (secondary N) is 1. The predicted octanol–water partition coefficient (Wildman–Crippen LogP) is 10.9. The van der Waals surface area contributed by atoms with E-state index in [0.29, 0.717) is 82.5 Å². The number of fused-ring (bicyclic) bond motifs is 4. The molecule has 6 aromatic rings. The van der Waals surface area contributed by atoms with Crippen molar-refractivity contribution in [1.82, 2.24) is 4.98 Å². The fourth-order valence-electron chi connectivity index (χ4n) is 6.99. The molecule has 1 aromatic heterocycles. The summed E-state index contributed by atoms with van der Waals surface area (Å²) in [5, 5.41) is 5.42. The largest absolute Gasteiger partial charge is 0.494 e. The molecule has 1 N–H and O–H groups in total. The standard InChI is InChI=1S/C52H49N3O10S/c1-3-47(56)62-31-13-7-5-11-29-60-37-21-17-35(18-22-37)50(58)64-39-25-27-41-42-28-26-40(34-44(42)49(43(41)33-39)54-55-52-53-45-15-9-10-16-46(45)66-52)65-51(59)36-19-23-38(24-20-36)61-30-12-6-8-14-32-63-48(57)4-2/h3-4,9-10,15-28,33-34H,1-2,5-8,11-14,29-32H2,(H,53,55). The molecule has 338 valence electrons. The molecule has 1 heterocycles. The summed E-state index contributed by atoms with van der Waals surface area (Å²) < 4.78 is 34.5. The summed E-state index contributed by atoms with van der Waals surface area (Å²) in [6, 6.07) is 32.2. The van der Waals surface area contributed by atoms with E-state index in [4.69, 9.17) is 33.5 Å². The highest BCUT2D eigenvalue weighted by Crippen LogP contribution is 2.41. The first-order valence-corrected chi connectivity index (χ1v) is 22.6. The lowest BCUT2D eigenvalue weighted by Gasteiger charge is -2.09. The van der Waals surface area contributed by atoms with Crippen LogP contribution in [0.2, 0.25) is 0 Å². The summed E-state index contributed by atoms with van der Waals surface area (Å²) in [4.78, 5) is 53.7. The van der Waals surface area contributed by atoms with E-state index in [1.54, 1.807) is 72.8 Å². The van der Waals surface area contributed by atoms with Crippen LogP contribution in [0.25, 0.3) is 21.3 Å². The normalized spacial score (nSPS) is 11.2. The number of hydrogen-bond acceptors (Lipinski definition) is 14. The smallest absolute Gasteiger partial charge is 0.343 e. The first-order valence-electron chi connectivity index (χ1n) is 21.7. The molecule has 0 saturated carbocycles. The van der Waals surface area contributed by atoms with Gasteiger partial charge in [-0.2, -0.15) is 5.10 Å². The van der Waals surface area contributed by atoms with Crippen LogP contribution in [0, 0.1) is 0 Å². The lowest BCUT2D eigenvalue weighted by Crippen LogP contribution is -2.10. The summed E-state index contributed by atoms with van der Waals surface area (Å²) in [6.07, 6.45) is 9.22. The Balaban J connectivity index is 0.976. The van der Waals surface area contributed by atoms with Crippen molar-refractivity contribution in [2.45, 2.75) is 51.4 Å². The van der Waals surface area contributed by atoms with E-state index < -0.39 is 23.9 Å². The molecule has 0 radical (unpaired) electrons. The average Bonchev–Trinajstić information content (AvgIpc) is 3.90. The Kier molecular flexibility index (Phi) is 16.4. The molecule has 7 rings (SSSR count). The van der Waals surface area contributed by atoms with E-state index in [1.165, 1.54) is 11.3 Å². The third-order valence-corrected chi connectivity index (χ3v) is 11.3. The maximum atomic E-state index is 13.4. The molecule has 0 amide bonds. The molecule has 66 heavy (non-hydrogen) atoms. The van der Waals surface area contributed by atoms with Gasteiger partial charge in [0.25, 0.3) is 0 Å². The van der Waals surface area contributed by atoms with Gasteiger partial charge in [0, 0.05) is 23.3 Å². The fraction of sp³-hybridized carbons (Fsp3) is 0.231. The molecule has 1 aliphatic carbocycles. The topological polar surface area (TPSA) is 161 Å². The van der Waals surface area contributed by atoms with E-state index in [-0.39, 0.29) is 0 Å². The lowest BCUT2D eigenvalue weighted by atomic mass is 10.1. The second kappa shape index (κ2) is 23.4. The van der Waals surface area contributed by atoms with Gasteiger partial charge in [0.15, 0.2) is 0 Å². The van der Waals surface area contributed by atoms with Gasteiger partial charge < -0.3 is 28.4 Å². The third-order valence-electron chi connectivity index (χ3n) is 10.4. The fourth-order valence-corrected chi connectivity index (χ4v) is 7.80. The number of unbranched alkanes of at least 4 members (excludes halogenated alkanes) is 6. The van der Waals surface area contributed by atoms with Gasteiger partial charge in [-0.15, -0.1) is 0 Å². The molecule has 0 bridgehead atoms. The molecule has 0 fully saturated rings. The third kappa shape index (κ3) is 12.8. The highest BCUT2D eigenvalue weighted by atomic mass is 32.1. The zero-order valence-electron chi connectivity index (χ0n) is 36.3. The first kappa shape index (κ1) is 46.4. The van der Waals surface area contributed by atoms with Gasteiger partial charge in [-0.25, -0.2) is 24.2 Å². The molecule has 0 spiro atoms. The number of para-hydroxylation sites is 1. The minimum Gasteiger partial charge on any atom is -0.494 e. The van der Waals surface area contributed by atoms with Crippen molar-refractivity contribution in [3.8, 4) is 34.1 Å². The molecule has 1 aliphatic rings. The number of carbonyl (C=O) groups excluding carboxylic acids is 4. The van der Waals surface area contributed by atoms with Gasteiger partial charge in [0.2, 0.25) is 5.13 Å². The van der Waals surface area contributed by atoms with Crippen LogP contribution in [0.15, 0.2) is 140 Å². The van der Waals surface area contributed by atoms with Crippen LogP contribution in [0.5, 0.6) is 23.0 Å². The Labute approximate surface area is 386 Å². The molecule has 0 saturated heterocycles. The van der Waals surface area contributed by atoms with Crippen LogP contribution in [-0.2, 0) is 19.1 Å². The number of anilines is 1. The molecule has 0 unspecified atom stereocenters. The van der Waals surface area contributed by atoms with E-state index in [1.807, 2.05) is 36.4 Å². The van der Waals surface area contributed by atoms with E-state index >= 15 is 0 Å². The number of nitrogens with zero attached hydrogens (tertiary/aromatic N) is 2. The molecular formula is C52H49N3O10S. The second-order valence-electron chi connectivity index (χ2n) is 15.1. The number of hydrogen-bond donors (Lipinski definition) is 1. The van der Waals surface area contributed by atoms with Gasteiger partial charge in [-0.3, -0.25) is 5.43 Å². The monoisotopic (exact) mass is 907 g/mol. The number of carbonyl (C=O) groups is 4. The number of esters is 4. The van der Waals surface area contributed by atoms with Crippen molar-refractivity contribution >= 4 is 56.3 Å². The minimum atomic E-state index is -0.536. The Hall–Kier alpha value is -7.58. The lowest BCUT2D eigenvalue weighted by molar-refractivity contribution is -0.138. The van der Waals surface area contributed by atoms with Crippen molar-refractivity contribution in [3.05, 3.63) is 157 Å². The maximum Gasteiger partial charge on any atom is 0.343 e. The van der Waals surface area contributed by atoms with Gasteiger partial charge in [0.1, 0.15) is 23.0 Å². The average molecular weight is 908 g/mol. The van der Waals surface area contributed by atoms with E-state index in [2.05, 4.69) is 23.6 Å². The van der Waals surface area contributed by atoms with Crippen molar-refractivity contribution < 1.29 is 47.6 Å². The van der Waals surface area contributed by atoms with Crippen LogP contribution in [0.4, 0.5) is 5.13 Å². The van der Waals surface area contributed by atoms with Gasteiger partial charge in [-0.1, -0.05) is 36.6 Å². The number of aromatic nitrogens is 1. The van der Waals surface area contributed by atoms with Crippen LogP contribution < -0.4 is 24.4 Å². The Bertz CT molecular complexity index is 2530. The van der Waals surface area contributed by atoms with Crippen molar-refractivity contribution in [2.24, 2.45) is 5.10 Å². The number of benzene rings is 5. The summed E-state index contributed by atoms with van der Waals surface area (Å²) in [5.41, 5.74) is 8.36. The van der Waals surface area contributed by atoms with Crippen LogP contribution in [0.1, 0.15) is 83.2 Å². The van der Waals surface area contributed by atoms with Crippen molar-refractivity contribution in [2.75, 3.05) is 31.9 Å². The molecule has 13 nitrogen and oxygen atoms in total. The summed E-state index contributed by atoms with van der Waals surface area (Å²) >= 11 is 1.47. The summed E-state index contributed by atoms with van der Waals surface area (Å²) in [7, 11) is 0. The molecular weight excluding hydrogens is 859 g/mol. The molecule has 5 aromatic carbocycles. The summed E-state index contributed by atoms with van der Waals surface area (Å²) in [5.74, 6) is 0.0219. The number of thiazole rings is 1. The highest BCUT2D eigenvalue weighted by Gasteiger charge is 2.28. The van der Waals surface area contributed by atoms with Crippen LogP contribution in [-0.4, -0.2) is 61.0 Å². The number of rotatable bonds is 24. The van der Waals surface area contributed by atoms with Crippen molar-refractivity contribution in [3.63, 3.8) is 0 Å². The minimum absolute atomic E-state index is 0.321. The van der Waals surface area contributed by atoms with E-state index in [9.17, 15) is 19.2 Å². The Morgan fingerprint density at radius 1 is 0.545 bits per heavy atom. The van der Waals surface area contributed by atoms with Gasteiger partial charge in [0.05, 0.1) is 53.5 Å². The molecule has 0 aliphatic heterocycles. The van der Waals surface area contributed by atoms with Crippen LogP contribution in [0.3, 0.4) is 0 Å².